The van der Waals surface area contributed by atoms with E-state index in [-0.39, 0.29) is 17.6 Å². The zero-order valence-corrected chi connectivity index (χ0v) is 11.9. The van der Waals surface area contributed by atoms with Gasteiger partial charge in [0.05, 0.1) is 5.75 Å². The molecule has 1 aromatic carbocycles. The molecule has 2 N–H and O–H groups in total. The summed E-state index contributed by atoms with van der Waals surface area (Å²) in [6, 6.07) is 9.84. The van der Waals surface area contributed by atoms with E-state index in [0.717, 1.165) is 5.56 Å². The monoisotopic (exact) mass is 289 g/mol. The van der Waals surface area contributed by atoms with Crippen LogP contribution in [0, 0.1) is 0 Å². The molecule has 2 aromatic rings. The van der Waals surface area contributed by atoms with Gasteiger partial charge in [0.25, 0.3) is 0 Å². The van der Waals surface area contributed by atoms with Crippen molar-refractivity contribution in [1.82, 2.24) is 19.9 Å². The molecule has 0 saturated heterocycles. The molecule has 6 nitrogen and oxygen atoms in total. The summed E-state index contributed by atoms with van der Waals surface area (Å²) >= 11 is 1.25. The van der Waals surface area contributed by atoms with E-state index in [0.29, 0.717) is 11.7 Å². The first-order valence-corrected chi connectivity index (χ1v) is 6.99. The van der Waals surface area contributed by atoms with Crippen molar-refractivity contribution in [2.24, 2.45) is 0 Å². The fraction of sp³-hybridized carbons (Fsp3) is 0.231. The van der Waals surface area contributed by atoms with Gasteiger partial charge in [0, 0.05) is 13.6 Å². The van der Waals surface area contributed by atoms with Gasteiger partial charge in [0.15, 0.2) is 5.16 Å². The number of hydrogen-bond donors (Lipinski definition) is 1. The van der Waals surface area contributed by atoms with Crippen molar-refractivity contribution in [3.63, 3.8) is 0 Å². The molecule has 0 bridgehead atoms. The van der Waals surface area contributed by atoms with Gasteiger partial charge in [-0.3, -0.25) is 4.79 Å². The van der Waals surface area contributed by atoms with Crippen LogP contribution in [0.4, 0.5) is 5.95 Å². The van der Waals surface area contributed by atoms with Gasteiger partial charge in [-0.15, -0.1) is 0 Å². The molecule has 0 aliphatic heterocycles. The molecule has 2 rings (SSSR count). The summed E-state index contributed by atoms with van der Waals surface area (Å²) in [7, 11) is 1.78. The Kier molecular flexibility index (Phi) is 4.89. The number of nitrogens with two attached hydrogens (primary N) is 1. The Morgan fingerprint density at radius 3 is 2.75 bits per heavy atom. The summed E-state index contributed by atoms with van der Waals surface area (Å²) in [6.45, 7) is 0.583. The highest BCUT2D eigenvalue weighted by atomic mass is 32.2. The third-order valence-electron chi connectivity index (χ3n) is 2.58. The molecule has 1 amide bonds. The Morgan fingerprint density at radius 2 is 2.05 bits per heavy atom. The van der Waals surface area contributed by atoms with Gasteiger partial charge in [-0.05, 0) is 5.56 Å². The normalized spacial score (nSPS) is 10.2. The molecule has 0 spiro atoms. The first-order chi connectivity index (χ1) is 9.65. The van der Waals surface area contributed by atoms with Crippen molar-refractivity contribution < 1.29 is 4.79 Å². The van der Waals surface area contributed by atoms with Crippen molar-refractivity contribution in [3.8, 4) is 0 Å². The minimum atomic E-state index is 0.0119. The molecule has 1 aromatic heterocycles. The highest BCUT2D eigenvalue weighted by molar-refractivity contribution is 7.99. The summed E-state index contributed by atoms with van der Waals surface area (Å²) < 4.78 is 0. The van der Waals surface area contributed by atoms with Gasteiger partial charge in [-0.25, -0.2) is 9.97 Å². The predicted octanol–water partition coefficient (Wildman–Crippen LogP) is 1.20. The Hall–Kier alpha value is -2.15. The lowest BCUT2D eigenvalue weighted by Gasteiger charge is -2.16. The third kappa shape index (κ3) is 4.20. The molecule has 0 radical (unpaired) electrons. The average Bonchev–Trinajstić information content (AvgIpc) is 2.46. The molecular formula is C13H15N5OS. The highest BCUT2D eigenvalue weighted by Gasteiger charge is 2.11. The van der Waals surface area contributed by atoms with Crippen LogP contribution in [0.2, 0.25) is 0 Å². The van der Waals surface area contributed by atoms with Crippen LogP contribution < -0.4 is 5.73 Å². The van der Waals surface area contributed by atoms with Crippen LogP contribution in [0.5, 0.6) is 0 Å². The largest absolute Gasteiger partial charge is 0.368 e. The number of hydrogen-bond acceptors (Lipinski definition) is 6. The molecule has 0 aliphatic rings. The fourth-order valence-electron chi connectivity index (χ4n) is 1.54. The van der Waals surface area contributed by atoms with E-state index in [1.165, 1.54) is 18.1 Å². The number of nitrogen functional groups attached to an aromatic ring is 1. The lowest BCUT2D eigenvalue weighted by atomic mass is 10.2. The Morgan fingerprint density at radius 1 is 1.30 bits per heavy atom. The molecular weight excluding hydrogens is 274 g/mol. The standard InChI is InChI=1S/C13H15N5OS/c1-18(7-10-5-3-2-4-6-10)11(19)8-20-13-16-9-15-12(14)17-13/h2-6,9H,7-8H2,1H3,(H2,14,15,16,17). The summed E-state index contributed by atoms with van der Waals surface area (Å²) in [6.07, 6.45) is 1.34. The number of carbonyl (C=O) groups is 1. The maximum atomic E-state index is 12.0. The quantitative estimate of drug-likeness (QED) is 0.833. The minimum absolute atomic E-state index is 0.0119. The summed E-state index contributed by atoms with van der Waals surface area (Å²) in [4.78, 5) is 25.3. The highest BCUT2D eigenvalue weighted by Crippen LogP contribution is 2.13. The Labute approximate surface area is 121 Å². The third-order valence-corrected chi connectivity index (χ3v) is 3.43. The molecule has 7 heteroatoms. The molecule has 0 atom stereocenters. The number of benzene rings is 1. The SMILES string of the molecule is CN(Cc1ccccc1)C(=O)CSc1ncnc(N)n1. The Bertz CT molecular complexity index is 578. The molecule has 0 aliphatic carbocycles. The van der Waals surface area contributed by atoms with E-state index in [1.54, 1.807) is 11.9 Å². The van der Waals surface area contributed by atoms with Crippen LogP contribution in [-0.4, -0.2) is 38.6 Å². The first-order valence-electron chi connectivity index (χ1n) is 6.00. The zero-order chi connectivity index (χ0) is 14.4. The van der Waals surface area contributed by atoms with Crippen LogP contribution in [0.15, 0.2) is 41.8 Å². The minimum Gasteiger partial charge on any atom is -0.368 e. The number of aromatic nitrogens is 3. The van der Waals surface area contributed by atoms with Crippen LogP contribution in [0.25, 0.3) is 0 Å². The molecule has 0 unspecified atom stereocenters. The molecule has 0 saturated carbocycles. The number of nitrogens with zero attached hydrogens (tertiary/aromatic N) is 4. The van der Waals surface area contributed by atoms with Gasteiger partial charge in [-0.1, -0.05) is 42.1 Å². The van der Waals surface area contributed by atoms with E-state index in [1.807, 2.05) is 30.3 Å². The maximum absolute atomic E-state index is 12.0. The van der Waals surface area contributed by atoms with E-state index in [4.69, 9.17) is 5.73 Å². The smallest absolute Gasteiger partial charge is 0.233 e. The van der Waals surface area contributed by atoms with E-state index in [9.17, 15) is 4.79 Å². The van der Waals surface area contributed by atoms with Crippen LogP contribution in [-0.2, 0) is 11.3 Å². The van der Waals surface area contributed by atoms with Gasteiger partial charge >= 0.3 is 0 Å². The van der Waals surface area contributed by atoms with Crippen LogP contribution in [0.1, 0.15) is 5.56 Å². The van der Waals surface area contributed by atoms with Gasteiger partial charge in [0.1, 0.15) is 6.33 Å². The van der Waals surface area contributed by atoms with Crippen molar-refractivity contribution >= 4 is 23.6 Å². The van der Waals surface area contributed by atoms with Gasteiger partial charge in [0.2, 0.25) is 11.9 Å². The Balaban J connectivity index is 1.85. The molecule has 20 heavy (non-hydrogen) atoms. The van der Waals surface area contributed by atoms with Crippen LogP contribution >= 0.6 is 11.8 Å². The molecule has 0 fully saturated rings. The first kappa shape index (κ1) is 14.3. The van der Waals surface area contributed by atoms with E-state index in [2.05, 4.69) is 15.0 Å². The average molecular weight is 289 g/mol. The predicted molar refractivity (Wildman–Crippen MR) is 77.9 cm³/mol. The van der Waals surface area contributed by atoms with Crippen molar-refractivity contribution in [2.75, 3.05) is 18.5 Å². The summed E-state index contributed by atoms with van der Waals surface area (Å²) in [5.41, 5.74) is 6.55. The van der Waals surface area contributed by atoms with Crippen molar-refractivity contribution in [1.29, 1.82) is 0 Å². The van der Waals surface area contributed by atoms with E-state index >= 15 is 0 Å². The summed E-state index contributed by atoms with van der Waals surface area (Å²) in [5, 5.41) is 0.457. The van der Waals surface area contributed by atoms with Crippen molar-refractivity contribution in [3.05, 3.63) is 42.2 Å². The number of thioether (sulfide) groups is 1. The van der Waals surface area contributed by atoms with Gasteiger partial charge in [-0.2, -0.15) is 4.98 Å². The molecule has 1 heterocycles. The lowest BCUT2D eigenvalue weighted by molar-refractivity contribution is -0.127. The second-order valence-corrected chi connectivity index (χ2v) is 5.09. The lowest BCUT2D eigenvalue weighted by Crippen LogP contribution is -2.27. The second-order valence-electron chi connectivity index (χ2n) is 4.15. The second kappa shape index (κ2) is 6.85. The fourth-order valence-corrected chi connectivity index (χ4v) is 2.30. The number of rotatable bonds is 5. The molecule has 104 valence electrons. The topological polar surface area (TPSA) is 85.0 Å². The zero-order valence-electron chi connectivity index (χ0n) is 11.1. The van der Waals surface area contributed by atoms with Crippen LogP contribution in [0.3, 0.4) is 0 Å². The number of anilines is 1. The maximum Gasteiger partial charge on any atom is 0.233 e. The number of amides is 1. The van der Waals surface area contributed by atoms with Gasteiger partial charge < -0.3 is 10.6 Å². The van der Waals surface area contributed by atoms with Crippen molar-refractivity contribution in [2.45, 2.75) is 11.7 Å². The number of carbonyl (C=O) groups excluding carboxylic acids is 1. The summed E-state index contributed by atoms with van der Waals surface area (Å²) in [5.74, 6) is 0.442. The van der Waals surface area contributed by atoms with E-state index < -0.39 is 0 Å².